The van der Waals surface area contributed by atoms with Gasteiger partial charge in [-0.05, 0) is 38.1 Å². The molecule has 0 unspecified atom stereocenters. The standard InChI is InChI=1S/C18H18N2O6/c1-12-3-5-14(6-4-12)19-18(22)13(2)26-17(21)11-25-16-9-7-15(8-10-16)20(23)24/h3-10,13H,11H2,1-2H3,(H,19,22)/t13-/m1/s1. The molecule has 2 aromatic carbocycles. The van der Waals surface area contributed by atoms with E-state index in [-0.39, 0.29) is 11.4 Å². The van der Waals surface area contributed by atoms with Crippen molar-refractivity contribution in [3.05, 3.63) is 64.2 Å². The molecule has 136 valence electrons. The number of anilines is 1. The lowest BCUT2D eigenvalue weighted by molar-refractivity contribution is -0.384. The van der Waals surface area contributed by atoms with Gasteiger partial charge in [-0.25, -0.2) is 4.79 Å². The first-order valence-corrected chi connectivity index (χ1v) is 7.79. The number of carbonyl (C=O) groups excluding carboxylic acids is 2. The van der Waals surface area contributed by atoms with Crippen LogP contribution in [0.25, 0.3) is 0 Å². The number of rotatable bonds is 7. The fourth-order valence-electron chi connectivity index (χ4n) is 1.97. The van der Waals surface area contributed by atoms with E-state index in [1.807, 2.05) is 19.1 Å². The van der Waals surface area contributed by atoms with Gasteiger partial charge in [-0.3, -0.25) is 14.9 Å². The van der Waals surface area contributed by atoms with E-state index in [0.717, 1.165) is 5.56 Å². The van der Waals surface area contributed by atoms with Crippen molar-refractivity contribution in [2.45, 2.75) is 20.0 Å². The van der Waals surface area contributed by atoms with Gasteiger partial charge < -0.3 is 14.8 Å². The lowest BCUT2D eigenvalue weighted by Crippen LogP contribution is -2.31. The Morgan fingerprint density at radius 2 is 1.73 bits per heavy atom. The molecular formula is C18H18N2O6. The van der Waals surface area contributed by atoms with Gasteiger partial charge in [-0.2, -0.15) is 0 Å². The normalized spacial score (nSPS) is 11.3. The maximum Gasteiger partial charge on any atom is 0.344 e. The third-order valence-electron chi connectivity index (χ3n) is 3.40. The van der Waals surface area contributed by atoms with Crippen molar-refractivity contribution >= 4 is 23.3 Å². The Bertz CT molecular complexity index is 786. The zero-order valence-corrected chi connectivity index (χ0v) is 14.3. The van der Waals surface area contributed by atoms with Gasteiger partial charge in [-0.1, -0.05) is 17.7 Å². The molecule has 0 fully saturated rings. The number of amides is 1. The summed E-state index contributed by atoms with van der Waals surface area (Å²) in [5.74, 6) is -0.906. The van der Waals surface area contributed by atoms with Gasteiger partial charge in [0.15, 0.2) is 12.7 Å². The van der Waals surface area contributed by atoms with Crippen molar-refractivity contribution in [2.75, 3.05) is 11.9 Å². The summed E-state index contributed by atoms with van der Waals surface area (Å²) >= 11 is 0. The Morgan fingerprint density at radius 3 is 2.31 bits per heavy atom. The Morgan fingerprint density at radius 1 is 1.12 bits per heavy atom. The number of nitro benzene ring substituents is 1. The van der Waals surface area contributed by atoms with Crippen LogP contribution in [-0.2, 0) is 14.3 Å². The van der Waals surface area contributed by atoms with E-state index in [0.29, 0.717) is 5.69 Å². The topological polar surface area (TPSA) is 108 Å². The van der Waals surface area contributed by atoms with Gasteiger partial charge in [0, 0.05) is 17.8 Å². The number of ether oxygens (including phenoxy) is 2. The van der Waals surface area contributed by atoms with Crippen LogP contribution in [0.5, 0.6) is 5.75 Å². The fourth-order valence-corrected chi connectivity index (χ4v) is 1.97. The lowest BCUT2D eigenvalue weighted by atomic mass is 10.2. The number of carbonyl (C=O) groups is 2. The second kappa shape index (κ2) is 8.61. The van der Waals surface area contributed by atoms with Crippen molar-refractivity contribution in [3.63, 3.8) is 0 Å². The number of benzene rings is 2. The Labute approximate surface area is 149 Å². The van der Waals surface area contributed by atoms with Gasteiger partial charge in [0.1, 0.15) is 5.75 Å². The first kappa shape index (κ1) is 18.9. The molecule has 8 heteroatoms. The molecule has 1 amide bonds. The maximum absolute atomic E-state index is 12.0. The smallest absolute Gasteiger partial charge is 0.344 e. The van der Waals surface area contributed by atoms with Gasteiger partial charge in [0.05, 0.1) is 4.92 Å². The number of non-ortho nitro benzene ring substituents is 1. The Hall–Kier alpha value is -3.42. The summed E-state index contributed by atoms with van der Waals surface area (Å²) in [4.78, 5) is 33.8. The predicted octanol–water partition coefficient (Wildman–Crippen LogP) is 2.85. The molecule has 1 atom stereocenters. The van der Waals surface area contributed by atoms with E-state index in [2.05, 4.69) is 5.32 Å². The minimum atomic E-state index is -0.996. The van der Waals surface area contributed by atoms with Crippen LogP contribution in [0.2, 0.25) is 0 Å². The minimum Gasteiger partial charge on any atom is -0.482 e. The monoisotopic (exact) mass is 358 g/mol. The molecule has 0 aliphatic rings. The number of nitrogens with one attached hydrogen (secondary N) is 1. The second-order valence-corrected chi connectivity index (χ2v) is 5.53. The average molecular weight is 358 g/mol. The summed E-state index contributed by atoms with van der Waals surface area (Å²) in [7, 11) is 0. The first-order chi connectivity index (χ1) is 12.3. The molecule has 0 saturated carbocycles. The molecule has 2 aromatic rings. The number of hydrogen-bond donors (Lipinski definition) is 1. The van der Waals surface area contributed by atoms with Crippen molar-refractivity contribution in [1.82, 2.24) is 0 Å². The summed E-state index contributed by atoms with van der Waals surface area (Å²) in [6.45, 7) is 2.97. The average Bonchev–Trinajstić information content (AvgIpc) is 2.62. The molecule has 0 aliphatic heterocycles. The third-order valence-corrected chi connectivity index (χ3v) is 3.40. The van der Waals surface area contributed by atoms with Crippen molar-refractivity contribution in [3.8, 4) is 5.75 Å². The fraction of sp³-hybridized carbons (Fsp3) is 0.222. The van der Waals surface area contributed by atoms with Crippen molar-refractivity contribution < 1.29 is 24.0 Å². The highest BCUT2D eigenvalue weighted by molar-refractivity contribution is 5.95. The molecule has 1 N–H and O–H groups in total. The molecule has 0 aromatic heterocycles. The van der Waals surface area contributed by atoms with Crippen molar-refractivity contribution in [2.24, 2.45) is 0 Å². The largest absolute Gasteiger partial charge is 0.482 e. The zero-order valence-electron chi connectivity index (χ0n) is 14.3. The molecule has 0 radical (unpaired) electrons. The molecular weight excluding hydrogens is 340 g/mol. The highest BCUT2D eigenvalue weighted by atomic mass is 16.6. The number of nitro groups is 1. The second-order valence-electron chi connectivity index (χ2n) is 5.53. The highest BCUT2D eigenvalue weighted by Gasteiger charge is 2.18. The molecule has 0 spiro atoms. The maximum atomic E-state index is 12.0. The van der Waals surface area contributed by atoms with E-state index < -0.39 is 29.5 Å². The summed E-state index contributed by atoms with van der Waals surface area (Å²) in [5.41, 5.74) is 1.58. The van der Waals surface area contributed by atoms with E-state index in [4.69, 9.17) is 9.47 Å². The molecule has 0 bridgehead atoms. The quantitative estimate of drug-likeness (QED) is 0.463. The third kappa shape index (κ3) is 5.59. The molecule has 0 aliphatic carbocycles. The Balaban J connectivity index is 1.79. The van der Waals surface area contributed by atoms with Crippen LogP contribution < -0.4 is 10.1 Å². The number of esters is 1. The van der Waals surface area contributed by atoms with Gasteiger partial charge >= 0.3 is 5.97 Å². The van der Waals surface area contributed by atoms with Gasteiger partial charge in [0.25, 0.3) is 11.6 Å². The predicted molar refractivity (Wildman–Crippen MR) is 94.0 cm³/mol. The zero-order chi connectivity index (χ0) is 19.1. The van der Waals surface area contributed by atoms with Crippen LogP contribution in [0.4, 0.5) is 11.4 Å². The van der Waals surface area contributed by atoms with Crippen LogP contribution in [0, 0.1) is 17.0 Å². The molecule has 0 heterocycles. The van der Waals surface area contributed by atoms with Crippen LogP contribution in [0.3, 0.4) is 0 Å². The summed E-state index contributed by atoms with van der Waals surface area (Å²) in [5, 5.41) is 13.2. The van der Waals surface area contributed by atoms with Crippen molar-refractivity contribution in [1.29, 1.82) is 0 Å². The van der Waals surface area contributed by atoms with E-state index in [1.54, 1.807) is 12.1 Å². The number of nitrogens with zero attached hydrogens (tertiary/aromatic N) is 1. The van der Waals surface area contributed by atoms with Crippen LogP contribution in [-0.4, -0.2) is 29.5 Å². The molecule has 2 rings (SSSR count). The first-order valence-electron chi connectivity index (χ1n) is 7.79. The van der Waals surface area contributed by atoms with Crippen LogP contribution in [0.15, 0.2) is 48.5 Å². The number of hydrogen-bond acceptors (Lipinski definition) is 6. The van der Waals surface area contributed by atoms with Crippen LogP contribution >= 0.6 is 0 Å². The van der Waals surface area contributed by atoms with E-state index in [9.17, 15) is 19.7 Å². The Kier molecular flexibility index (Phi) is 6.26. The minimum absolute atomic E-state index is 0.0821. The van der Waals surface area contributed by atoms with Crippen LogP contribution in [0.1, 0.15) is 12.5 Å². The summed E-state index contributed by atoms with van der Waals surface area (Å²) in [6, 6.07) is 12.5. The van der Waals surface area contributed by atoms with Gasteiger partial charge in [0.2, 0.25) is 0 Å². The molecule has 26 heavy (non-hydrogen) atoms. The van der Waals surface area contributed by atoms with E-state index >= 15 is 0 Å². The summed E-state index contributed by atoms with van der Waals surface area (Å²) in [6.07, 6.45) is -0.996. The summed E-state index contributed by atoms with van der Waals surface area (Å²) < 4.78 is 10.2. The highest BCUT2D eigenvalue weighted by Crippen LogP contribution is 2.17. The molecule has 8 nitrogen and oxygen atoms in total. The number of aryl methyl sites for hydroxylation is 1. The lowest BCUT2D eigenvalue weighted by Gasteiger charge is -2.14. The molecule has 0 saturated heterocycles. The van der Waals surface area contributed by atoms with E-state index in [1.165, 1.54) is 31.2 Å². The SMILES string of the molecule is Cc1ccc(NC(=O)[C@@H](C)OC(=O)COc2ccc([N+](=O)[O-])cc2)cc1. The van der Waals surface area contributed by atoms with Gasteiger partial charge in [-0.15, -0.1) is 0 Å².